The second-order valence-electron chi connectivity index (χ2n) is 5.09. The molecule has 0 aliphatic carbocycles. The number of rotatable bonds is 6. The van der Waals surface area contributed by atoms with Gasteiger partial charge in [-0.15, -0.1) is 0 Å². The molecule has 0 saturated heterocycles. The van der Waals surface area contributed by atoms with Crippen LogP contribution in [0.25, 0.3) is 5.69 Å². The number of nitrogens with zero attached hydrogens (tertiary/aromatic N) is 2. The third kappa shape index (κ3) is 3.67. The molecule has 0 aliphatic rings. The summed E-state index contributed by atoms with van der Waals surface area (Å²) in [6.07, 6.45) is 1.54. The van der Waals surface area contributed by atoms with Crippen molar-refractivity contribution in [1.29, 1.82) is 0 Å². The van der Waals surface area contributed by atoms with Gasteiger partial charge < -0.3 is 20.3 Å². The number of aromatic nitrogens is 2. The topological polar surface area (TPSA) is 114 Å². The molecule has 1 heterocycles. The maximum absolute atomic E-state index is 12.2. The summed E-state index contributed by atoms with van der Waals surface area (Å²) in [6.45, 7) is 0.637. The van der Waals surface area contributed by atoms with Crippen LogP contribution in [0.2, 0.25) is 0 Å². The molecule has 0 saturated carbocycles. The van der Waals surface area contributed by atoms with E-state index in [0.29, 0.717) is 0 Å². The van der Waals surface area contributed by atoms with Crippen molar-refractivity contribution in [1.82, 2.24) is 15.1 Å². The van der Waals surface area contributed by atoms with Crippen LogP contribution in [0, 0.1) is 0 Å². The number of methoxy groups -OCH3 is 1. The highest BCUT2D eigenvalue weighted by atomic mass is 16.5. The number of aliphatic carboxylic acids is 1. The first-order chi connectivity index (χ1) is 10.8. The van der Waals surface area contributed by atoms with E-state index in [-0.39, 0.29) is 11.4 Å². The number of amides is 1. The average Bonchev–Trinajstić information content (AvgIpc) is 2.98. The molecule has 1 atom stereocenters. The van der Waals surface area contributed by atoms with Gasteiger partial charge in [0.15, 0.2) is 17.0 Å². The van der Waals surface area contributed by atoms with Gasteiger partial charge in [-0.1, -0.05) is 18.2 Å². The Kier molecular flexibility index (Phi) is 4.65. The summed E-state index contributed by atoms with van der Waals surface area (Å²) in [4.78, 5) is 23.0. The van der Waals surface area contributed by atoms with Gasteiger partial charge in [-0.2, -0.15) is 5.10 Å². The predicted molar refractivity (Wildman–Crippen MR) is 80.7 cm³/mol. The fourth-order valence-corrected chi connectivity index (χ4v) is 1.79. The maximum Gasteiger partial charge on any atom is 0.337 e. The van der Waals surface area contributed by atoms with Crippen molar-refractivity contribution in [3.63, 3.8) is 0 Å². The van der Waals surface area contributed by atoms with Crippen LogP contribution in [0.4, 0.5) is 0 Å². The van der Waals surface area contributed by atoms with E-state index in [1.165, 1.54) is 11.8 Å². The first kappa shape index (κ1) is 16.5. The Morgan fingerprint density at radius 1 is 1.35 bits per heavy atom. The Morgan fingerprint density at radius 3 is 2.57 bits per heavy atom. The summed E-state index contributed by atoms with van der Waals surface area (Å²) in [7, 11) is 1.40. The smallest absolute Gasteiger partial charge is 0.337 e. The Hall–Kier alpha value is -2.87. The molecule has 0 aliphatic heterocycles. The molecule has 2 aromatic rings. The third-order valence-corrected chi connectivity index (χ3v) is 3.19. The van der Waals surface area contributed by atoms with Crippen molar-refractivity contribution >= 4 is 11.9 Å². The minimum atomic E-state index is -2.06. The van der Waals surface area contributed by atoms with Crippen LogP contribution in [0.5, 0.6) is 5.75 Å². The van der Waals surface area contributed by atoms with Gasteiger partial charge in [-0.3, -0.25) is 4.79 Å². The highest BCUT2D eigenvalue weighted by Gasteiger charge is 2.31. The number of para-hydroxylation sites is 1. The molecule has 1 unspecified atom stereocenters. The number of carboxylic acids is 1. The highest BCUT2D eigenvalue weighted by molar-refractivity contribution is 5.95. The number of nitrogens with one attached hydrogen (secondary N) is 1. The van der Waals surface area contributed by atoms with Crippen LogP contribution in [0.3, 0.4) is 0 Å². The molecule has 23 heavy (non-hydrogen) atoms. The van der Waals surface area contributed by atoms with Crippen molar-refractivity contribution in [2.45, 2.75) is 12.5 Å². The predicted octanol–water partition coefficient (Wildman–Crippen LogP) is 0.446. The SMILES string of the molecule is COc1cn(-c2ccccc2)nc1C(=O)NCC(C)(O)C(=O)O. The molecule has 3 N–H and O–H groups in total. The van der Waals surface area contributed by atoms with Crippen LogP contribution in [0.1, 0.15) is 17.4 Å². The van der Waals surface area contributed by atoms with E-state index in [1.54, 1.807) is 6.20 Å². The van der Waals surface area contributed by atoms with Crippen LogP contribution in [0.15, 0.2) is 36.5 Å². The molecule has 122 valence electrons. The van der Waals surface area contributed by atoms with Crippen molar-refractivity contribution < 1.29 is 24.5 Å². The molecule has 8 nitrogen and oxygen atoms in total. The Labute approximate surface area is 132 Å². The number of aliphatic hydroxyl groups is 1. The normalized spacial score (nSPS) is 13.2. The Morgan fingerprint density at radius 2 is 2.00 bits per heavy atom. The van der Waals surface area contributed by atoms with Gasteiger partial charge in [0, 0.05) is 0 Å². The highest BCUT2D eigenvalue weighted by Crippen LogP contribution is 2.19. The van der Waals surface area contributed by atoms with Crippen molar-refractivity contribution in [2.75, 3.05) is 13.7 Å². The van der Waals surface area contributed by atoms with Gasteiger partial charge in [0.05, 0.1) is 25.5 Å². The van der Waals surface area contributed by atoms with E-state index in [4.69, 9.17) is 9.84 Å². The molecule has 2 rings (SSSR count). The Bertz CT molecular complexity index is 709. The second kappa shape index (κ2) is 6.49. The lowest BCUT2D eigenvalue weighted by Gasteiger charge is -2.17. The van der Waals surface area contributed by atoms with Gasteiger partial charge in [0.25, 0.3) is 5.91 Å². The lowest BCUT2D eigenvalue weighted by atomic mass is 10.1. The zero-order valence-electron chi connectivity index (χ0n) is 12.7. The molecule has 0 fully saturated rings. The monoisotopic (exact) mass is 319 g/mol. The number of hydrogen-bond acceptors (Lipinski definition) is 5. The quantitative estimate of drug-likeness (QED) is 0.712. The van der Waals surface area contributed by atoms with Crippen molar-refractivity contribution in [3.05, 3.63) is 42.2 Å². The largest absolute Gasteiger partial charge is 0.493 e. The minimum Gasteiger partial charge on any atom is -0.493 e. The lowest BCUT2D eigenvalue weighted by molar-refractivity contribution is -0.155. The zero-order valence-corrected chi connectivity index (χ0v) is 12.7. The zero-order chi connectivity index (χ0) is 17.0. The summed E-state index contributed by atoms with van der Waals surface area (Å²) >= 11 is 0. The molecular formula is C15H17N3O5. The number of carbonyl (C=O) groups excluding carboxylic acids is 1. The van der Waals surface area contributed by atoms with Crippen LogP contribution >= 0.6 is 0 Å². The molecule has 0 radical (unpaired) electrons. The number of ether oxygens (including phenoxy) is 1. The lowest BCUT2D eigenvalue weighted by Crippen LogP contribution is -2.46. The van der Waals surface area contributed by atoms with E-state index >= 15 is 0 Å². The first-order valence-electron chi connectivity index (χ1n) is 6.78. The standard InChI is InChI=1S/C15H17N3O5/c1-15(22,14(20)21)9-16-13(19)12-11(23-2)8-18(17-12)10-6-4-3-5-7-10/h3-8,22H,9H2,1-2H3,(H,16,19)(H,20,21). The summed E-state index contributed by atoms with van der Waals surface area (Å²) in [5.41, 5.74) is -1.33. The van der Waals surface area contributed by atoms with Crippen molar-refractivity contribution in [3.8, 4) is 11.4 Å². The Balaban J connectivity index is 2.20. The van der Waals surface area contributed by atoms with E-state index < -0.39 is 24.0 Å². The van der Waals surface area contributed by atoms with E-state index in [9.17, 15) is 14.7 Å². The maximum atomic E-state index is 12.2. The number of carbonyl (C=O) groups is 2. The van der Waals surface area contributed by atoms with Gasteiger partial charge in [-0.05, 0) is 19.1 Å². The average molecular weight is 319 g/mol. The molecular weight excluding hydrogens is 302 g/mol. The minimum absolute atomic E-state index is 0.00228. The number of carboxylic acid groups (broad SMARTS) is 1. The number of hydrogen-bond donors (Lipinski definition) is 3. The van der Waals surface area contributed by atoms with Crippen LogP contribution < -0.4 is 10.1 Å². The fraction of sp³-hybridized carbons (Fsp3) is 0.267. The first-order valence-corrected chi connectivity index (χ1v) is 6.78. The van der Waals surface area contributed by atoms with E-state index in [2.05, 4.69) is 10.4 Å². The second-order valence-corrected chi connectivity index (χ2v) is 5.09. The number of benzene rings is 1. The molecule has 1 aromatic carbocycles. The summed E-state index contributed by atoms with van der Waals surface area (Å²) in [5.74, 6) is -1.83. The summed E-state index contributed by atoms with van der Waals surface area (Å²) in [5, 5.41) is 24.9. The van der Waals surface area contributed by atoms with Gasteiger partial charge >= 0.3 is 5.97 Å². The van der Waals surface area contributed by atoms with E-state index in [1.807, 2.05) is 30.3 Å². The van der Waals surface area contributed by atoms with Crippen molar-refractivity contribution in [2.24, 2.45) is 0 Å². The van der Waals surface area contributed by atoms with Crippen LogP contribution in [-0.4, -0.2) is 51.1 Å². The molecule has 8 heteroatoms. The van der Waals surface area contributed by atoms with Gasteiger partial charge in [0.1, 0.15) is 0 Å². The van der Waals surface area contributed by atoms with Crippen LogP contribution in [-0.2, 0) is 4.79 Å². The molecule has 1 aromatic heterocycles. The molecule has 0 spiro atoms. The summed E-state index contributed by atoms with van der Waals surface area (Å²) < 4.78 is 6.60. The van der Waals surface area contributed by atoms with Gasteiger partial charge in [-0.25, -0.2) is 9.48 Å². The third-order valence-electron chi connectivity index (χ3n) is 3.19. The molecule has 0 bridgehead atoms. The fourth-order valence-electron chi connectivity index (χ4n) is 1.79. The summed E-state index contributed by atoms with van der Waals surface area (Å²) in [6, 6.07) is 9.12. The van der Waals surface area contributed by atoms with Gasteiger partial charge in [0.2, 0.25) is 0 Å². The van der Waals surface area contributed by atoms with E-state index in [0.717, 1.165) is 12.6 Å². The molecule has 1 amide bonds.